The lowest BCUT2D eigenvalue weighted by atomic mass is 9.96. The van der Waals surface area contributed by atoms with E-state index in [4.69, 9.17) is 20.4 Å². The summed E-state index contributed by atoms with van der Waals surface area (Å²) in [7, 11) is 0. The highest BCUT2D eigenvalue weighted by Gasteiger charge is 2.68. The number of hydrogen-bond donors (Lipinski definition) is 5. The molecule has 1 aliphatic heterocycles. The Balaban J connectivity index is 0.000000302. The van der Waals surface area contributed by atoms with Gasteiger partial charge in [0.15, 0.2) is 11.2 Å². The first kappa shape index (κ1) is 31.9. The van der Waals surface area contributed by atoms with E-state index in [1.165, 1.54) is 45.1 Å². The smallest absolute Gasteiger partial charge is 0.336 e. The predicted molar refractivity (Wildman–Crippen MR) is 147 cm³/mol. The molecule has 0 atom stereocenters. The number of carbonyl (C=O) groups is 4. The fraction of sp³-hybridized carbons (Fsp3) is 0.667. The topological polar surface area (TPSA) is 208 Å². The van der Waals surface area contributed by atoms with Gasteiger partial charge in [-0.2, -0.15) is 5.10 Å². The van der Waals surface area contributed by atoms with Crippen LogP contribution in [-0.2, 0) is 25.7 Å². The normalized spacial score (nSPS) is 18.6. The molecule has 3 heterocycles. The molecule has 1 aliphatic carbocycles. The van der Waals surface area contributed by atoms with Gasteiger partial charge in [-0.15, -0.1) is 0 Å². The number of carboxylic acids is 3. The van der Waals surface area contributed by atoms with Crippen LogP contribution in [0.15, 0.2) is 12.5 Å². The Hall–Kier alpha value is -3.65. The first-order valence-corrected chi connectivity index (χ1v) is 13.7. The maximum Gasteiger partial charge on any atom is 0.336 e. The van der Waals surface area contributed by atoms with Crippen molar-refractivity contribution in [2.45, 2.75) is 78.4 Å². The van der Waals surface area contributed by atoms with Gasteiger partial charge in [-0.05, 0) is 36.8 Å². The molecule has 4 rings (SSSR count). The standard InChI is InChI=1S/C21H32N6O.C6H8O7/c1-20(2)16(21(20,3)4)19(28)25-17-15-13-24-27(18(15)23-14-22-17)12-11-26-9-7-5-6-8-10-26;7-3(8)1-6(13,5(11)12)2-4(9)10/h13-14,16H,5-12H2,1-4H3,(H,22,23,25,28);13H,1-2H2,(H,7,8)(H,9,10)(H,11,12). The molecule has 2 fully saturated rings. The molecule has 1 saturated carbocycles. The summed E-state index contributed by atoms with van der Waals surface area (Å²) in [5.41, 5.74) is -1.95. The first-order chi connectivity index (χ1) is 19.1. The lowest BCUT2D eigenvalue weighted by molar-refractivity contribution is -0.170. The second-order valence-corrected chi connectivity index (χ2v) is 11.9. The number of aliphatic carboxylic acids is 3. The molecule has 0 aromatic carbocycles. The quantitative estimate of drug-likeness (QED) is 0.275. The van der Waals surface area contributed by atoms with E-state index >= 15 is 0 Å². The van der Waals surface area contributed by atoms with Crippen LogP contribution in [0, 0.1) is 16.7 Å². The zero-order valence-corrected chi connectivity index (χ0v) is 24.0. The van der Waals surface area contributed by atoms with Gasteiger partial charge in [0.05, 0.1) is 31.0 Å². The molecule has 5 N–H and O–H groups in total. The van der Waals surface area contributed by atoms with E-state index in [1.54, 1.807) is 6.20 Å². The van der Waals surface area contributed by atoms with Crippen LogP contribution in [0.3, 0.4) is 0 Å². The maximum atomic E-state index is 12.8. The van der Waals surface area contributed by atoms with Gasteiger partial charge in [0, 0.05) is 12.5 Å². The van der Waals surface area contributed by atoms with Crippen molar-refractivity contribution in [3.8, 4) is 0 Å². The summed E-state index contributed by atoms with van der Waals surface area (Å²) in [5, 5.41) is 42.2. The highest BCUT2D eigenvalue weighted by Crippen LogP contribution is 2.68. The van der Waals surface area contributed by atoms with Crippen molar-refractivity contribution in [1.29, 1.82) is 0 Å². The van der Waals surface area contributed by atoms with Crippen LogP contribution in [-0.4, -0.2) is 94.1 Å². The molecule has 1 saturated heterocycles. The fourth-order valence-electron chi connectivity index (χ4n) is 5.51. The van der Waals surface area contributed by atoms with E-state index in [-0.39, 0.29) is 22.7 Å². The molecule has 14 nitrogen and oxygen atoms in total. The van der Waals surface area contributed by atoms with Crippen molar-refractivity contribution in [3.63, 3.8) is 0 Å². The van der Waals surface area contributed by atoms with Gasteiger partial charge in [0.2, 0.25) is 5.91 Å². The number of anilines is 1. The molecule has 0 spiro atoms. The molecule has 14 heteroatoms. The fourth-order valence-corrected chi connectivity index (χ4v) is 5.51. The van der Waals surface area contributed by atoms with E-state index < -0.39 is 36.4 Å². The molecule has 2 aliphatic rings. The summed E-state index contributed by atoms with van der Waals surface area (Å²) in [6.45, 7) is 12.7. The van der Waals surface area contributed by atoms with Crippen LogP contribution in [0.4, 0.5) is 5.82 Å². The number of aliphatic hydroxyl groups is 1. The molecule has 0 unspecified atom stereocenters. The molecule has 226 valence electrons. The number of amides is 1. The molecule has 41 heavy (non-hydrogen) atoms. The number of likely N-dealkylation sites (tertiary alicyclic amines) is 1. The Labute approximate surface area is 237 Å². The number of aromatic nitrogens is 4. The number of hydrogen-bond acceptors (Lipinski definition) is 9. The zero-order chi connectivity index (χ0) is 30.6. The van der Waals surface area contributed by atoms with Crippen molar-refractivity contribution in [3.05, 3.63) is 12.5 Å². The van der Waals surface area contributed by atoms with Gasteiger partial charge in [0.25, 0.3) is 0 Å². The molecular formula is C27H40N6O8. The second kappa shape index (κ2) is 12.5. The van der Waals surface area contributed by atoms with Crippen LogP contribution in [0.1, 0.15) is 66.2 Å². The molecule has 0 bridgehead atoms. The van der Waals surface area contributed by atoms with Crippen LogP contribution in [0.2, 0.25) is 0 Å². The van der Waals surface area contributed by atoms with Crippen molar-refractivity contribution in [2.24, 2.45) is 16.7 Å². The van der Waals surface area contributed by atoms with Gasteiger partial charge >= 0.3 is 17.9 Å². The SMILES string of the molecule is CC1(C)C(C(=O)Nc2ncnc3c2cnn3CCN2CCCCCC2)C1(C)C.O=C(O)CC(O)(CC(=O)O)C(=O)O. The summed E-state index contributed by atoms with van der Waals surface area (Å²) in [5.74, 6) is -4.43. The third kappa shape index (κ3) is 7.36. The number of nitrogens with one attached hydrogen (secondary N) is 1. The van der Waals surface area contributed by atoms with Crippen LogP contribution >= 0.6 is 0 Å². The van der Waals surface area contributed by atoms with Crippen molar-refractivity contribution < 1.29 is 39.6 Å². The van der Waals surface area contributed by atoms with E-state index in [9.17, 15) is 19.2 Å². The van der Waals surface area contributed by atoms with Gasteiger partial charge in [-0.3, -0.25) is 14.4 Å². The van der Waals surface area contributed by atoms with Crippen molar-refractivity contribution in [2.75, 3.05) is 25.0 Å². The Morgan fingerprint density at radius 2 is 1.49 bits per heavy atom. The number of carboxylic acid groups (broad SMARTS) is 3. The minimum Gasteiger partial charge on any atom is -0.481 e. The largest absolute Gasteiger partial charge is 0.481 e. The zero-order valence-electron chi connectivity index (χ0n) is 24.0. The minimum atomic E-state index is -2.74. The molecule has 2 aromatic rings. The number of rotatable bonds is 10. The highest BCUT2D eigenvalue weighted by molar-refractivity contribution is 6.01. The van der Waals surface area contributed by atoms with Crippen molar-refractivity contribution in [1.82, 2.24) is 24.6 Å². The van der Waals surface area contributed by atoms with Gasteiger partial charge in [0.1, 0.15) is 12.1 Å². The van der Waals surface area contributed by atoms with E-state index in [2.05, 4.69) is 53.0 Å². The molecule has 2 aromatic heterocycles. The van der Waals surface area contributed by atoms with E-state index in [0.29, 0.717) is 5.82 Å². The van der Waals surface area contributed by atoms with E-state index in [0.717, 1.165) is 24.1 Å². The molecule has 1 amide bonds. The van der Waals surface area contributed by atoms with Crippen molar-refractivity contribution >= 4 is 40.7 Å². The lowest BCUT2D eigenvalue weighted by Crippen LogP contribution is -2.42. The third-order valence-electron chi connectivity index (χ3n) is 8.57. The monoisotopic (exact) mass is 576 g/mol. The Morgan fingerprint density at radius 1 is 0.927 bits per heavy atom. The Morgan fingerprint density at radius 3 is 1.98 bits per heavy atom. The lowest BCUT2D eigenvalue weighted by Gasteiger charge is -2.19. The van der Waals surface area contributed by atoms with Crippen LogP contribution in [0.5, 0.6) is 0 Å². The maximum absolute atomic E-state index is 12.8. The number of carbonyl (C=O) groups excluding carboxylic acids is 1. The molecular weight excluding hydrogens is 536 g/mol. The van der Waals surface area contributed by atoms with Gasteiger partial charge in [-0.1, -0.05) is 40.5 Å². The number of nitrogens with zero attached hydrogens (tertiary/aromatic N) is 5. The summed E-state index contributed by atoms with van der Waals surface area (Å²) in [4.78, 5) is 54.6. The predicted octanol–water partition coefficient (Wildman–Crippen LogP) is 2.07. The summed E-state index contributed by atoms with van der Waals surface area (Å²) < 4.78 is 1.93. The Kier molecular flexibility index (Phi) is 9.70. The average Bonchev–Trinajstić information content (AvgIpc) is 3.14. The number of fused-ring (bicyclic) bond motifs is 1. The summed E-state index contributed by atoms with van der Waals surface area (Å²) in [6.07, 6.45) is 6.25. The van der Waals surface area contributed by atoms with E-state index in [1.807, 2.05) is 4.68 Å². The second-order valence-electron chi connectivity index (χ2n) is 11.9. The molecule has 0 radical (unpaired) electrons. The van der Waals surface area contributed by atoms with Gasteiger partial charge < -0.3 is 30.6 Å². The summed E-state index contributed by atoms with van der Waals surface area (Å²) >= 11 is 0. The minimum absolute atomic E-state index is 0.000563. The third-order valence-corrected chi connectivity index (χ3v) is 8.57. The Bertz CT molecular complexity index is 1250. The summed E-state index contributed by atoms with van der Waals surface area (Å²) in [6, 6.07) is 0. The van der Waals surface area contributed by atoms with Crippen LogP contribution in [0.25, 0.3) is 11.0 Å². The first-order valence-electron chi connectivity index (χ1n) is 13.7. The highest BCUT2D eigenvalue weighted by atomic mass is 16.4. The average molecular weight is 577 g/mol. The van der Waals surface area contributed by atoms with Gasteiger partial charge in [-0.25, -0.2) is 19.4 Å². The van der Waals surface area contributed by atoms with Crippen LogP contribution < -0.4 is 5.32 Å².